The molecule has 5 heteroatoms. The van der Waals surface area contributed by atoms with Crippen LogP contribution in [0.4, 0.5) is 8.78 Å². The second kappa shape index (κ2) is 3.13. The maximum absolute atomic E-state index is 12.7. The van der Waals surface area contributed by atoms with Crippen molar-refractivity contribution in [2.45, 2.75) is 12.2 Å². The summed E-state index contributed by atoms with van der Waals surface area (Å²) in [7, 11) is 0. The van der Waals surface area contributed by atoms with E-state index in [4.69, 9.17) is 5.11 Å². The highest BCUT2D eigenvalue weighted by Gasteiger charge is 2.42. The number of hydrogen-bond acceptors (Lipinski definition) is 2. The van der Waals surface area contributed by atoms with Gasteiger partial charge in [-0.2, -0.15) is 0 Å². The van der Waals surface area contributed by atoms with Crippen LogP contribution in [0, 0.1) is 5.92 Å². The van der Waals surface area contributed by atoms with E-state index in [1.807, 2.05) is 0 Å². The van der Waals surface area contributed by atoms with Crippen LogP contribution >= 0.6 is 0 Å². The Labute approximate surface area is 62.4 Å². The highest BCUT2D eigenvalue weighted by atomic mass is 19.1. The van der Waals surface area contributed by atoms with Gasteiger partial charge in [0.1, 0.15) is 0 Å². The third-order valence-electron chi connectivity index (χ3n) is 1.85. The number of amides is 1. The number of nitrogens with one attached hydrogen (secondary N) is 1. The molecule has 0 saturated carbocycles. The Morgan fingerprint density at radius 3 is 2.64 bits per heavy atom. The lowest BCUT2D eigenvalue weighted by Gasteiger charge is -2.12. The molecule has 1 amide bonds. The molecule has 0 spiro atoms. The molecule has 1 aliphatic heterocycles. The SMILES string of the molecule is O=C1NC(CO)C(CF)C1F. The number of aliphatic hydroxyl groups is 1. The van der Waals surface area contributed by atoms with Crippen molar-refractivity contribution in [3.05, 3.63) is 0 Å². The van der Waals surface area contributed by atoms with E-state index in [2.05, 4.69) is 5.32 Å². The average molecular weight is 165 g/mol. The molecule has 3 unspecified atom stereocenters. The van der Waals surface area contributed by atoms with Crippen LogP contribution in [0.1, 0.15) is 0 Å². The summed E-state index contributed by atoms with van der Waals surface area (Å²) < 4.78 is 24.7. The quantitative estimate of drug-likeness (QED) is 0.574. The van der Waals surface area contributed by atoms with Crippen molar-refractivity contribution in [3.63, 3.8) is 0 Å². The van der Waals surface area contributed by atoms with Crippen LogP contribution in [0.15, 0.2) is 0 Å². The molecule has 0 aromatic heterocycles. The molecular formula is C6H9F2NO2. The third-order valence-corrected chi connectivity index (χ3v) is 1.85. The van der Waals surface area contributed by atoms with Crippen LogP contribution in [-0.4, -0.2) is 36.5 Å². The van der Waals surface area contributed by atoms with Crippen molar-refractivity contribution in [2.24, 2.45) is 5.92 Å². The van der Waals surface area contributed by atoms with Crippen molar-refractivity contribution in [1.29, 1.82) is 0 Å². The monoisotopic (exact) mass is 165 g/mol. The molecule has 1 fully saturated rings. The zero-order chi connectivity index (χ0) is 8.43. The maximum atomic E-state index is 12.7. The Kier molecular flexibility index (Phi) is 2.38. The normalized spacial score (nSPS) is 37.4. The fourth-order valence-corrected chi connectivity index (χ4v) is 1.13. The molecule has 0 aromatic carbocycles. The van der Waals surface area contributed by atoms with Gasteiger partial charge < -0.3 is 10.4 Å². The molecule has 1 aliphatic rings. The van der Waals surface area contributed by atoms with Crippen molar-refractivity contribution in [1.82, 2.24) is 5.32 Å². The highest BCUT2D eigenvalue weighted by Crippen LogP contribution is 2.20. The van der Waals surface area contributed by atoms with Gasteiger partial charge in [-0.15, -0.1) is 0 Å². The molecule has 2 N–H and O–H groups in total. The first kappa shape index (κ1) is 8.39. The Balaban J connectivity index is 2.64. The van der Waals surface area contributed by atoms with E-state index in [-0.39, 0.29) is 0 Å². The van der Waals surface area contributed by atoms with Gasteiger partial charge in [-0.1, -0.05) is 0 Å². The van der Waals surface area contributed by atoms with Gasteiger partial charge in [-0.3, -0.25) is 9.18 Å². The number of alkyl halides is 2. The predicted molar refractivity (Wildman–Crippen MR) is 33.4 cm³/mol. The van der Waals surface area contributed by atoms with Crippen LogP contribution in [0.2, 0.25) is 0 Å². The maximum Gasteiger partial charge on any atom is 0.255 e. The van der Waals surface area contributed by atoms with Gasteiger partial charge in [0.05, 0.1) is 25.2 Å². The molecule has 0 aliphatic carbocycles. The fourth-order valence-electron chi connectivity index (χ4n) is 1.13. The number of halogens is 2. The molecule has 64 valence electrons. The van der Waals surface area contributed by atoms with Gasteiger partial charge in [0.15, 0.2) is 6.17 Å². The van der Waals surface area contributed by atoms with Crippen LogP contribution < -0.4 is 5.32 Å². The number of rotatable bonds is 2. The molecule has 3 nitrogen and oxygen atoms in total. The van der Waals surface area contributed by atoms with E-state index in [0.717, 1.165) is 0 Å². The summed E-state index contributed by atoms with van der Waals surface area (Å²) in [6.07, 6.45) is -1.81. The van der Waals surface area contributed by atoms with Crippen LogP contribution in [-0.2, 0) is 4.79 Å². The summed E-state index contributed by atoms with van der Waals surface area (Å²) in [6.45, 7) is -1.34. The van der Waals surface area contributed by atoms with Gasteiger partial charge in [0, 0.05) is 0 Å². The average Bonchev–Trinajstić information content (AvgIpc) is 2.28. The number of carbonyl (C=O) groups is 1. The first-order chi connectivity index (χ1) is 5.20. The molecule has 0 aromatic rings. The largest absolute Gasteiger partial charge is 0.394 e. The first-order valence-corrected chi connectivity index (χ1v) is 3.32. The van der Waals surface area contributed by atoms with Crippen LogP contribution in [0.5, 0.6) is 0 Å². The molecule has 1 rings (SSSR count). The summed E-state index contributed by atoms with van der Waals surface area (Å²) in [6, 6.07) is -0.762. The van der Waals surface area contributed by atoms with Gasteiger partial charge >= 0.3 is 0 Å². The van der Waals surface area contributed by atoms with E-state index in [9.17, 15) is 13.6 Å². The Bertz CT molecular complexity index is 165. The van der Waals surface area contributed by atoms with E-state index in [0.29, 0.717) is 0 Å². The van der Waals surface area contributed by atoms with Gasteiger partial charge in [-0.05, 0) is 0 Å². The summed E-state index contributed by atoms with van der Waals surface area (Å²) >= 11 is 0. The lowest BCUT2D eigenvalue weighted by atomic mass is 10.0. The summed E-state index contributed by atoms with van der Waals surface area (Å²) in [5.74, 6) is -1.85. The van der Waals surface area contributed by atoms with Crippen molar-refractivity contribution < 1.29 is 18.7 Å². The smallest absolute Gasteiger partial charge is 0.255 e. The standard InChI is InChI=1S/C6H9F2NO2/c7-1-3-4(2-10)9-6(11)5(3)8/h3-5,10H,1-2H2,(H,9,11). The van der Waals surface area contributed by atoms with Crippen molar-refractivity contribution >= 4 is 5.91 Å². The van der Waals surface area contributed by atoms with Gasteiger partial charge in [-0.25, -0.2) is 4.39 Å². The molecule has 11 heavy (non-hydrogen) atoms. The fraction of sp³-hybridized carbons (Fsp3) is 0.833. The van der Waals surface area contributed by atoms with E-state index >= 15 is 0 Å². The Morgan fingerprint density at radius 1 is 1.64 bits per heavy atom. The van der Waals surface area contributed by atoms with E-state index in [1.165, 1.54) is 0 Å². The molecule has 0 radical (unpaired) electrons. The van der Waals surface area contributed by atoms with Crippen molar-refractivity contribution in [2.75, 3.05) is 13.3 Å². The molecular weight excluding hydrogens is 156 g/mol. The molecule has 3 atom stereocenters. The lowest BCUT2D eigenvalue weighted by molar-refractivity contribution is -0.124. The summed E-state index contributed by atoms with van der Waals surface area (Å²) in [5.41, 5.74) is 0. The zero-order valence-corrected chi connectivity index (χ0v) is 5.76. The first-order valence-electron chi connectivity index (χ1n) is 3.32. The second-order valence-electron chi connectivity index (χ2n) is 2.52. The summed E-state index contributed by atoms with van der Waals surface area (Å²) in [4.78, 5) is 10.5. The van der Waals surface area contributed by atoms with Crippen LogP contribution in [0.3, 0.4) is 0 Å². The number of aliphatic hydroxyl groups excluding tert-OH is 1. The highest BCUT2D eigenvalue weighted by molar-refractivity contribution is 5.83. The lowest BCUT2D eigenvalue weighted by Crippen LogP contribution is -2.33. The Morgan fingerprint density at radius 2 is 2.27 bits per heavy atom. The summed E-state index contributed by atoms with van der Waals surface area (Å²) in [5, 5.41) is 10.7. The second-order valence-corrected chi connectivity index (χ2v) is 2.52. The van der Waals surface area contributed by atoms with Crippen LogP contribution in [0.25, 0.3) is 0 Å². The molecule has 1 saturated heterocycles. The topological polar surface area (TPSA) is 49.3 Å². The van der Waals surface area contributed by atoms with Crippen molar-refractivity contribution in [3.8, 4) is 0 Å². The third kappa shape index (κ3) is 1.33. The zero-order valence-electron chi connectivity index (χ0n) is 5.76. The van der Waals surface area contributed by atoms with E-state index in [1.54, 1.807) is 0 Å². The minimum atomic E-state index is -1.81. The minimum Gasteiger partial charge on any atom is -0.394 e. The van der Waals surface area contributed by atoms with Gasteiger partial charge in [0.2, 0.25) is 0 Å². The number of hydrogen-bond donors (Lipinski definition) is 2. The number of carbonyl (C=O) groups excluding carboxylic acids is 1. The molecule has 1 heterocycles. The van der Waals surface area contributed by atoms with Gasteiger partial charge in [0.25, 0.3) is 5.91 Å². The predicted octanol–water partition coefficient (Wildman–Crippen LogP) is -0.599. The minimum absolute atomic E-state index is 0.416. The molecule has 0 bridgehead atoms. The van der Waals surface area contributed by atoms with E-state index < -0.39 is 37.3 Å². The Hall–Kier alpha value is -0.710.